The van der Waals surface area contributed by atoms with E-state index < -0.39 is 17.6 Å². The molecule has 10 heteroatoms. The van der Waals surface area contributed by atoms with Crippen LogP contribution in [0, 0.1) is 0 Å². The number of imidazole rings is 1. The van der Waals surface area contributed by atoms with E-state index in [1.807, 2.05) is 22.7 Å². The molecule has 27 heavy (non-hydrogen) atoms. The number of hydrogen-bond donors (Lipinski definition) is 1. The van der Waals surface area contributed by atoms with Gasteiger partial charge in [0.25, 0.3) is 0 Å². The van der Waals surface area contributed by atoms with Gasteiger partial charge in [-0.2, -0.15) is 13.2 Å². The third-order valence-electron chi connectivity index (χ3n) is 4.39. The monoisotopic (exact) mass is 401 g/mol. The SMILES string of the molecule is Cn1ccnc1N1CCN(CC(=O)Nc2cc(C(F)(F)F)ccc2Cl)CC1. The van der Waals surface area contributed by atoms with Gasteiger partial charge in [0.1, 0.15) is 0 Å². The van der Waals surface area contributed by atoms with Crippen LogP contribution in [0.3, 0.4) is 0 Å². The lowest BCUT2D eigenvalue weighted by molar-refractivity contribution is -0.137. The van der Waals surface area contributed by atoms with Gasteiger partial charge in [-0.1, -0.05) is 11.6 Å². The minimum Gasteiger partial charge on any atom is -0.340 e. The number of carbonyl (C=O) groups excluding carboxylic acids is 1. The number of nitrogens with one attached hydrogen (secondary N) is 1. The number of nitrogens with zero attached hydrogens (tertiary/aromatic N) is 4. The molecular formula is C17H19ClF3N5O. The highest BCUT2D eigenvalue weighted by molar-refractivity contribution is 6.33. The number of aromatic nitrogens is 2. The fourth-order valence-corrected chi connectivity index (χ4v) is 3.12. The molecule has 0 atom stereocenters. The van der Waals surface area contributed by atoms with Gasteiger partial charge in [0, 0.05) is 45.6 Å². The second-order valence-electron chi connectivity index (χ2n) is 6.34. The summed E-state index contributed by atoms with van der Waals surface area (Å²) in [6.07, 6.45) is -0.896. The molecule has 2 aromatic rings. The molecule has 146 valence electrons. The van der Waals surface area contributed by atoms with Gasteiger partial charge in [0.15, 0.2) is 0 Å². The predicted octanol–water partition coefficient (Wildman–Crippen LogP) is 2.85. The van der Waals surface area contributed by atoms with Crippen LogP contribution in [-0.2, 0) is 18.0 Å². The molecule has 3 rings (SSSR count). The van der Waals surface area contributed by atoms with Crippen LogP contribution in [0.25, 0.3) is 0 Å². The lowest BCUT2D eigenvalue weighted by atomic mass is 10.2. The first-order valence-corrected chi connectivity index (χ1v) is 8.73. The number of carbonyl (C=O) groups is 1. The van der Waals surface area contributed by atoms with Crippen molar-refractivity contribution in [1.82, 2.24) is 14.5 Å². The molecule has 1 saturated heterocycles. The van der Waals surface area contributed by atoms with Crippen LogP contribution in [0.4, 0.5) is 24.8 Å². The molecule has 1 N–H and O–H groups in total. The Bertz CT molecular complexity index is 815. The molecule has 0 radical (unpaired) electrons. The summed E-state index contributed by atoms with van der Waals surface area (Å²) in [4.78, 5) is 20.6. The van der Waals surface area contributed by atoms with Crippen molar-refractivity contribution in [3.63, 3.8) is 0 Å². The maximum Gasteiger partial charge on any atom is 0.416 e. The molecule has 0 spiro atoms. The van der Waals surface area contributed by atoms with Crippen molar-refractivity contribution in [2.24, 2.45) is 7.05 Å². The molecule has 0 saturated carbocycles. The maximum atomic E-state index is 12.8. The van der Waals surface area contributed by atoms with Crippen LogP contribution in [0.15, 0.2) is 30.6 Å². The van der Waals surface area contributed by atoms with Gasteiger partial charge in [-0.3, -0.25) is 9.69 Å². The van der Waals surface area contributed by atoms with E-state index in [9.17, 15) is 18.0 Å². The topological polar surface area (TPSA) is 53.4 Å². The van der Waals surface area contributed by atoms with E-state index >= 15 is 0 Å². The van der Waals surface area contributed by atoms with Crippen LogP contribution in [0.5, 0.6) is 0 Å². The fraction of sp³-hybridized carbons (Fsp3) is 0.412. The molecule has 6 nitrogen and oxygen atoms in total. The summed E-state index contributed by atoms with van der Waals surface area (Å²) in [5.74, 6) is 0.469. The molecule has 1 aliphatic heterocycles. The van der Waals surface area contributed by atoms with Crippen LogP contribution >= 0.6 is 11.6 Å². The van der Waals surface area contributed by atoms with E-state index in [1.165, 1.54) is 0 Å². The molecule has 1 aliphatic rings. The Morgan fingerprint density at radius 3 is 2.56 bits per heavy atom. The van der Waals surface area contributed by atoms with E-state index in [-0.39, 0.29) is 17.3 Å². The van der Waals surface area contributed by atoms with E-state index in [1.54, 1.807) is 6.20 Å². The highest BCUT2D eigenvalue weighted by Gasteiger charge is 2.31. The number of halogens is 4. The van der Waals surface area contributed by atoms with Crippen molar-refractivity contribution in [3.05, 3.63) is 41.2 Å². The zero-order valence-corrected chi connectivity index (χ0v) is 15.4. The van der Waals surface area contributed by atoms with Gasteiger partial charge in [-0.05, 0) is 18.2 Å². The van der Waals surface area contributed by atoms with Crippen LogP contribution < -0.4 is 10.2 Å². The van der Waals surface area contributed by atoms with Crippen molar-refractivity contribution in [3.8, 4) is 0 Å². The Morgan fingerprint density at radius 1 is 1.26 bits per heavy atom. The summed E-state index contributed by atoms with van der Waals surface area (Å²) in [7, 11) is 1.92. The summed E-state index contributed by atoms with van der Waals surface area (Å²) in [6.45, 7) is 2.80. The number of hydrogen-bond acceptors (Lipinski definition) is 4. The molecule has 1 amide bonds. The van der Waals surface area contributed by atoms with Crippen LogP contribution in [-0.4, -0.2) is 53.1 Å². The van der Waals surface area contributed by atoms with Crippen molar-refractivity contribution in [2.75, 3.05) is 42.9 Å². The highest BCUT2D eigenvalue weighted by atomic mass is 35.5. The van der Waals surface area contributed by atoms with Gasteiger partial charge in [0.05, 0.1) is 22.8 Å². The molecule has 2 heterocycles. The lowest BCUT2D eigenvalue weighted by Gasteiger charge is -2.34. The predicted molar refractivity (Wildman–Crippen MR) is 96.9 cm³/mol. The molecule has 1 aromatic heterocycles. The minimum atomic E-state index is -4.49. The maximum absolute atomic E-state index is 12.8. The lowest BCUT2D eigenvalue weighted by Crippen LogP contribution is -2.49. The number of rotatable bonds is 4. The number of aryl methyl sites for hydroxylation is 1. The van der Waals surface area contributed by atoms with Crippen molar-refractivity contribution in [2.45, 2.75) is 6.18 Å². The normalized spacial score (nSPS) is 15.8. The van der Waals surface area contributed by atoms with Crippen LogP contribution in [0.2, 0.25) is 5.02 Å². The van der Waals surface area contributed by atoms with Gasteiger partial charge in [0.2, 0.25) is 11.9 Å². The number of amides is 1. The van der Waals surface area contributed by atoms with Crippen molar-refractivity contribution >= 4 is 29.1 Å². The molecule has 0 bridgehead atoms. The summed E-state index contributed by atoms with van der Waals surface area (Å²) < 4.78 is 40.4. The highest BCUT2D eigenvalue weighted by Crippen LogP contribution is 2.33. The first kappa shape index (κ1) is 19.5. The van der Waals surface area contributed by atoms with Crippen LogP contribution in [0.1, 0.15) is 5.56 Å². The first-order chi connectivity index (χ1) is 12.7. The zero-order valence-electron chi connectivity index (χ0n) is 14.6. The Labute approximate surface area is 159 Å². The summed E-state index contributed by atoms with van der Waals surface area (Å²) in [6, 6.07) is 2.86. The number of benzene rings is 1. The van der Waals surface area contributed by atoms with Gasteiger partial charge in [-0.15, -0.1) is 0 Å². The van der Waals surface area contributed by atoms with Gasteiger partial charge >= 0.3 is 6.18 Å². The average Bonchev–Trinajstić information content (AvgIpc) is 3.02. The Hall–Kier alpha value is -2.26. The third kappa shape index (κ3) is 4.72. The summed E-state index contributed by atoms with van der Waals surface area (Å²) in [5, 5.41) is 2.54. The Balaban J connectivity index is 1.55. The van der Waals surface area contributed by atoms with Crippen molar-refractivity contribution in [1.29, 1.82) is 0 Å². The molecule has 0 unspecified atom stereocenters. The van der Waals surface area contributed by atoms with E-state index in [4.69, 9.17) is 11.6 Å². The largest absolute Gasteiger partial charge is 0.416 e. The summed E-state index contributed by atoms with van der Waals surface area (Å²) in [5.41, 5.74) is -0.894. The van der Waals surface area contributed by atoms with E-state index in [2.05, 4.69) is 15.2 Å². The second kappa shape index (κ2) is 7.77. The van der Waals surface area contributed by atoms with E-state index in [0.29, 0.717) is 26.2 Å². The standard InChI is InChI=1S/C17H19ClF3N5O/c1-24-5-4-22-16(24)26-8-6-25(7-9-26)11-15(27)23-14-10-12(17(19,20)21)2-3-13(14)18/h2-5,10H,6-9,11H2,1H3,(H,23,27). The average molecular weight is 402 g/mol. The fourth-order valence-electron chi connectivity index (χ4n) is 2.96. The Kier molecular flexibility index (Phi) is 5.61. The molecule has 0 aliphatic carbocycles. The van der Waals surface area contributed by atoms with Crippen molar-refractivity contribution < 1.29 is 18.0 Å². The van der Waals surface area contributed by atoms with Gasteiger partial charge in [-0.25, -0.2) is 4.98 Å². The number of piperazine rings is 1. The van der Waals surface area contributed by atoms with Gasteiger partial charge < -0.3 is 14.8 Å². The Morgan fingerprint density at radius 2 is 1.96 bits per heavy atom. The molecule has 1 aromatic carbocycles. The minimum absolute atomic E-state index is 0.0388. The van der Waals surface area contributed by atoms with E-state index in [0.717, 1.165) is 24.1 Å². The zero-order chi connectivity index (χ0) is 19.6. The molecule has 1 fully saturated rings. The molecular weight excluding hydrogens is 383 g/mol. The number of anilines is 2. The quantitative estimate of drug-likeness (QED) is 0.856. The number of alkyl halides is 3. The second-order valence-corrected chi connectivity index (χ2v) is 6.75. The third-order valence-corrected chi connectivity index (χ3v) is 4.72. The summed E-state index contributed by atoms with van der Waals surface area (Å²) >= 11 is 5.91. The smallest absolute Gasteiger partial charge is 0.340 e. The first-order valence-electron chi connectivity index (χ1n) is 8.35.